The fourth-order valence-corrected chi connectivity index (χ4v) is 4.27. The van der Waals surface area contributed by atoms with Crippen molar-refractivity contribution in [2.45, 2.75) is 24.9 Å². The molecule has 0 spiro atoms. The second-order valence-electron chi connectivity index (χ2n) is 6.72. The summed E-state index contributed by atoms with van der Waals surface area (Å²) < 4.78 is 17.3. The van der Waals surface area contributed by atoms with E-state index in [2.05, 4.69) is 0 Å². The summed E-state index contributed by atoms with van der Waals surface area (Å²) in [6.07, 6.45) is 2.67. The van der Waals surface area contributed by atoms with Crippen LogP contribution in [0, 0.1) is 18.8 Å². The van der Waals surface area contributed by atoms with Crippen LogP contribution in [0.5, 0.6) is 0 Å². The number of carbonyl (C=O) groups excluding carboxylic acids is 2. The van der Waals surface area contributed by atoms with Crippen LogP contribution < -0.4 is 4.90 Å². The van der Waals surface area contributed by atoms with Crippen molar-refractivity contribution in [3.8, 4) is 0 Å². The Morgan fingerprint density at radius 1 is 1.08 bits per heavy atom. The second kappa shape index (κ2) is 4.75. The molecule has 0 unspecified atom stereocenters. The third-order valence-electron chi connectivity index (χ3n) is 5.36. The van der Waals surface area contributed by atoms with Gasteiger partial charge >= 0.3 is 0 Å². The molecule has 4 aliphatic heterocycles. The van der Waals surface area contributed by atoms with Crippen molar-refractivity contribution in [2.75, 3.05) is 18.1 Å². The number of amides is 2. The first-order chi connectivity index (χ1) is 11.6. The van der Waals surface area contributed by atoms with Crippen LogP contribution in [0.4, 0.5) is 5.69 Å². The highest BCUT2D eigenvalue weighted by Crippen LogP contribution is 2.55. The van der Waals surface area contributed by atoms with Gasteiger partial charge in [0.25, 0.3) is 0 Å². The Bertz CT molecular complexity index is 751. The Labute approximate surface area is 139 Å². The van der Waals surface area contributed by atoms with Crippen LogP contribution >= 0.6 is 0 Å². The van der Waals surface area contributed by atoms with Crippen LogP contribution in [0.15, 0.2) is 36.4 Å². The fourth-order valence-electron chi connectivity index (χ4n) is 4.27. The van der Waals surface area contributed by atoms with Gasteiger partial charge in [0.1, 0.15) is 0 Å². The molecule has 0 aliphatic carbocycles. The molecule has 1 aromatic carbocycles. The summed E-state index contributed by atoms with van der Waals surface area (Å²) in [6, 6.07) is 7.40. The number of aryl methyl sites for hydroxylation is 1. The summed E-state index contributed by atoms with van der Waals surface area (Å²) in [5.41, 5.74) is 0.693. The molecule has 5 rings (SSSR count). The van der Waals surface area contributed by atoms with Gasteiger partial charge in [-0.15, -0.1) is 0 Å². The second-order valence-corrected chi connectivity index (χ2v) is 6.72. The van der Waals surface area contributed by atoms with E-state index in [1.54, 1.807) is 12.1 Å². The number of carbonyl (C=O) groups is 2. The molecule has 24 heavy (non-hydrogen) atoms. The highest BCUT2D eigenvalue weighted by molar-refractivity contribution is 6.23. The number of hydrogen-bond donors (Lipinski definition) is 0. The Morgan fingerprint density at radius 3 is 2.50 bits per heavy atom. The zero-order valence-corrected chi connectivity index (χ0v) is 13.2. The Morgan fingerprint density at radius 2 is 1.79 bits per heavy atom. The minimum Gasteiger partial charge on any atom is -0.357 e. The molecule has 6 heteroatoms. The molecule has 0 saturated carbocycles. The Balaban J connectivity index is 1.56. The first kappa shape index (κ1) is 14.3. The van der Waals surface area contributed by atoms with Crippen molar-refractivity contribution in [1.29, 1.82) is 0 Å². The lowest BCUT2D eigenvalue weighted by molar-refractivity contribution is -0.180. The van der Waals surface area contributed by atoms with Gasteiger partial charge in [0.2, 0.25) is 11.8 Å². The van der Waals surface area contributed by atoms with Crippen molar-refractivity contribution in [2.24, 2.45) is 11.8 Å². The molecule has 4 atom stereocenters. The highest BCUT2D eigenvalue weighted by Gasteiger charge is 2.71. The summed E-state index contributed by atoms with van der Waals surface area (Å²) in [4.78, 5) is 27.3. The molecule has 1 aromatic rings. The van der Waals surface area contributed by atoms with E-state index in [1.165, 1.54) is 4.90 Å². The number of imide groups is 1. The van der Waals surface area contributed by atoms with Crippen LogP contribution in [0.3, 0.4) is 0 Å². The Kier molecular flexibility index (Phi) is 2.84. The van der Waals surface area contributed by atoms with Crippen LogP contribution in [0.2, 0.25) is 0 Å². The lowest BCUT2D eigenvalue weighted by Crippen LogP contribution is -2.49. The van der Waals surface area contributed by atoms with Gasteiger partial charge in [-0.3, -0.25) is 9.59 Å². The molecule has 2 bridgehead atoms. The fraction of sp³-hybridized carbons (Fsp3) is 0.444. The zero-order valence-electron chi connectivity index (χ0n) is 13.2. The van der Waals surface area contributed by atoms with Gasteiger partial charge in [-0.2, -0.15) is 0 Å². The number of hydrogen-bond acceptors (Lipinski definition) is 5. The minimum absolute atomic E-state index is 0.205. The molecule has 2 amide bonds. The highest BCUT2D eigenvalue weighted by atomic mass is 16.7. The lowest BCUT2D eigenvalue weighted by Gasteiger charge is -2.32. The first-order valence-electron chi connectivity index (χ1n) is 8.17. The maximum atomic E-state index is 13.1. The van der Waals surface area contributed by atoms with Crippen LogP contribution in [-0.4, -0.2) is 43.0 Å². The monoisotopic (exact) mass is 327 g/mol. The third-order valence-corrected chi connectivity index (χ3v) is 5.36. The predicted octanol–water partition coefficient (Wildman–Crippen LogP) is 1.18. The lowest BCUT2D eigenvalue weighted by atomic mass is 9.76. The molecule has 4 heterocycles. The minimum atomic E-state index is -0.988. The predicted molar refractivity (Wildman–Crippen MR) is 83.1 cm³/mol. The molecule has 0 aromatic heterocycles. The van der Waals surface area contributed by atoms with Crippen molar-refractivity contribution >= 4 is 17.5 Å². The summed E-state index contributed by atoms with van der Waals surface area (Å²) in [5, 5.41) is 0. The number of ether oxygens (including phenoxy) is 3. The van der Waals surface area contributed by atoms with Crippen LogP contribution in [0.1, 0.15) is 5.56 Å². The van der Waals surface area contributed by atoms with Gasteiger partial charge in [-0.05, 0) is 25.1 Å². The number of rotatable bonds is 2. The smallest absolute Gasteiger partial charge is 0.241 e. The average Bonchev–Trinajstić information content (AvgIpc) is 3.33. The first-order valence-corrected chi connectivity index (χ1v) is 8.17. The largest absolute Gasteiger partial charge is 0.357 e. The van der Waals surface area contributed by atoms with Crippen molar-refractivity contribution in [1.82, 2.24) is 0 Å². The topological polar surface area (TPSA) is 65.1 Å². The normalized spacial score (nSPS) is 37.7. The molecule has 3 saturated heterocycles. The summed E-state index contributed by atoms with van der Waals surface area (Å²) >= 11 is 0. The summed E-state index contributed by atoms with van der Waals surface area (Å²) in [6.45, 7) is 2.90. The quantitative estimate of drug-likeness (QED) is 0.603. The van der Waals surface area contributed by atoms with Crippen LogP contribution in [0.25, 0.3) is 0 Å². The molecule has 0 N–H and O–H groups in total. The molecular formula is C18H17NO5. The average molecular weight is 327 g/mol. The number of fused-ring (bicyclic) bond motifs is 5. The molecule has 124 valence electrons. The van der Waals surface area contributed by atoms with Crippen molar-refractivity contribution in [3.63, 3.8) is 0 Å². The summed E-state index contributed by atoms with van der Waals surface area (Å²) in [7, 11) is 0. The SMILES string of the molecule is Cc1ccc(N2C(=O)[C@@H]3[C@H]4C=C[C@@](C5OCCO5)(O4)[C@H]3C2=O)cc1. The zero-order chi connectivity index (χ0) is 16.5. The van der Waals surface area contributed by atoms with E-state index in [9.17, 15) is 9.59 Å². The molecule has 6 nitrogen and oxygen atoms in total. The van der Waals surface area contributed by atoms with Crippen molar-refractivity contribution in [3.05, 3.63) is 42.0 Å². The molecule has 3 fully saturated rings. The number of nitrogens with zero attached hydrogens (tertiary/aromatic N) is 1. The number of anilines is 1. The van der Waals surface area contributed by atoms with Gasteiger partial charge in [0.05, 0.1) is 36.8 Å². The maximum Gasteiger partial charge on any atom is 0.241 e. The van der Waals surface area contributed by atoms with Gasteiger partial charge in [0, 0.05) is 0 Å². The molecule has 0 radical (unpaired) electrons. The van der Waals surface area contributed by atoms with E-state index in [0.29, 0.717) is 18.9 Å². The van der Waals surface area contributed by atoms with E-state index >= 15 is 0 Å². The Hall–Kier alpha value is -2.02. The van der Waals surface area contributed by atoms with Crippen LogP contribution in [-0.2, 0) is 23.8 Å². The van der Waals surface area contributed by atoms with Gasteiger partial charge in [-0.1, -0.05) is 23.8 Å². The maximum absolute atomic E-state index is 13.1. The molecular weight excluding hydrogens is 310 g/mol. The van der Waals surface area contributed by atoms with Gasteiger partial charge < -0.3 is 14.2 Å². The van der Waals surface area contributed by atoms with E-state index in [1.807, 2.05) is 31.2 Å². The van der Waals surface area contributed by atoms with Gasteiger partial charge in [-0.25, -0.2) is 4.90 Å². The van der Waals surface area contributed by atoms with Gasteiger partial charge in [0.15, 0.2) is 11.9 Å². The van der Waals surface area contributed by atoms with E-state index < -0.39 is 29.8 Å². The van der Waals surface area contributed by atoms with E-state index in [0.717, 1.165) is 5.56 Å². The molecule has 4 aliphatic rings. The number of benzene rings is 1. The standard InChI is InChI=1S/C18H17NO5/c1-10-2-4-11(5-3-10)19-15(20)13-12-6-7-18(24-12,14(13)16(19)21)17-22-8-9-23-17/h2-7,12-14,17H,8-9H2,1H3/t12-,13-,14-,18-/m1/s1. The van der Waals surface area contributed by atoms with E-state index in [4.69, 9.17) is 14.2 Å². The van der Waals surface area contributed by atoms with Crippen molar-refractivity contribution < 1.29 is 23.8 Å². The summed E-state index contributed by atoms with van der Waals surface area (Å²) in [5.74, 6) is -1.54. The van der Waals surface area contributed by atoms with E-state index in [-0.39, 0.29) is 11.8 Å². The third kappa shape index (κ3) is 1.65.